The van der Waals surface area contributed by atoms with E-state index in [1.165, 1.54) is 22.9 Å². The molecule has 1 atom stereocenters. The van der Waals surface area contributed by atoms with Gasteiger partial charge in [0.15, 0.2) is 6.04 Å². The minimum atomic E-state index is -0.950. The van der Waals surface area contributed by atoms with Crippen LogP contribution in [0.1, 0.15) is 40.5 Å². The van der Waals surface area contributed by atoms with Crippen LogP contribution in [0.25, 0.3) is 0 Å². The van der Waals surface area contributed by atoms with Gasteiger partial charge in [-0.05, 0) is 39.7 Å². The molecule has 0 unspecified atom stereocenters. The van der Waals surface area contributed by atoms with Gasteiger partial charge in [0, 0.05) is 31.1 Å². The van der Waals surface area contributed by atoms with Crippen molar-refractivity contribution in [2.75, 3.05) is 26.0 Å². The number of carboxylic acids is 1. The fourth-order valence-electron chi connectivity index (χ4n) is 2.32. The zero-order chi connectivity index (χ0) is 23.4. The fourth-order valence-corrected chi connectivity index (χ4v) is 3.31. The number of aliphatic imine (C=N–C) groups is 2. The van der Waals surface area contributed by atoms with Gasteiger partial charge in [0.1, 0.15) is 10.6 Å². The standard InChI is InChI=1S/C22H33N3O5S/c1-7-10-16(8-2)23-17(19-24-18(15-31-19)20(26)27)11-14-29-13-9-12-25(6)21(28)30-22(3,4)5/h7,10-11,14,18H,1,8-9,12-13,15H2,2-6H3,(H,26,27)/b14-11-,16-10+,23-17+/t18-/m1/s1. The van der Waals surface area contributed by atoms with E-state index in [0.717, 1.165) is 5.70 Å². The Balaban J connectivity index is 2.68. The molecule has 1 rings (SSSR count). The Bertz CT molecular complexity index is 766. The molecule has 0 aliphatic carbocycles. The van der Waals surface area contributed by atoms with E-state index in [-0.39, 0.29) is 6.09 Å². The second-order valence-corrected chi connectivity index (χ2v) is 8.78. The number of nitrogens with zero attached hydrogens (tertiary/aromatic N) is 3. The van der Waals surface area contributed by atoms with Crippen LogP contribution in [0.4, 0.5) is 4.79 Å². The lowest BCUT2D eigenvalue weighted by Crippen LogP contribution is -2.35. The van der Waals surface area contributed by atoms with Crippen molar-refractivity contribution in [3.63, 3.8) is 0 Å². The van der Waals surface area contributed by atoms with Gasteiger partial charge < -0.3 is 19.5 Å². The zero-order valence-electron chi connectivity index (χ0n) is 19.0. The number of carbonyl (C=O) groups excluding carboxylic acids is 1. The first-order chi connectivity index (χ1) is 14.6. The molecule has 0 aromatic rings. The van der Waals surface area contributed by atoms with E-state index in [9.17, 15) is 14.7 Å². The van der Waals surface area contributed by atoms with Crippen molar-refractivity contribution in [2.45, 2.75) is 52.2 Å². The van der Waals surface area contributed by atoms with Crippen LogP contribution >= 0.6 is 11.8 Å². The molecule has 1 aliphatic heterocycles. The molecule has 0 spiro atoms. The Morgan fingerprint density at radius 1 is 1.42 bits per heavy atom. The molecule has 1 N–H and O–H groups in total. The second kappa shape index (κ2) is 13.0. The monoisotopic (exact) mass is 451 g/mol. The maximum Gasteiger partial charge on any atom is 0.410 e. The maximum atomic E-state index is 11.9. The van der Waals surface area contributed by atoms with Gasteiger partial charge in [0.2, 0.25) is 0 Å². The van der Waals surface area contributed by atoms with Crippen LogP contribution in [0.2, 0.25) is 0 Å². The van der Waals surface area contributed by atoms with Crippen molar-refractivity contribution in [3.8, 4) is 0 Å². The van der Waals surface area contributed by atoms with Gasteiger partial charge >= 0.3 is 12.1 Å². The Kier molecular flexibility index (Phi) is 11.1. The largest absolute Gasteiger partial charge is 0.501 e. The molecule has 1 amide bonds. The number of thioether (sulfide) groups is 1. The lowest BCUT2D eigenvalue weighted by molar-refractivity contribution is -0.137. The number of hydrogen-bond acceptors (Lipinski definition) is 7. The van der Waals surface area contributed by atoms with Gasteiger partial charge in [-0.15, -0.1) is 11.8 Å². The maximum absolute atomic E-state index is 11.9. The molecule has 172 valence electrons. The quantitative estimate of drug-likeness (QED) is 0.218. The Morgan fingerprint density at radius 2 is 2.13 bits per heavy atom. The highest BCUT2D eigenvalue weighted by Gasteiger charge is 2.26. The van der Waals surface area contributed by atoms with E-state index in [1.807, 2.05) is 27.7 Å². The van der Waals surface area contributed by atoms with Crippen LogP contribution in [0, 0.1) is 0 Å². The number of amides is 1. The predicted octanol–water partition coefficient (Wildman–Crippen LogP) is 4.29. The molecule has 0 saturated carbocycles. The van der Waals surface area contributed by atoms with Crippen molar-refractivity contribution in [1.82, 2.24) is 4.90 Å². The Labute approximate surface area is 188 Å². The summed E-state index contributed by atoms with van der Waals surface area (Å²) in [4.78, 5) is 33.5. The van der Waals surface area contributed by atoms with Gasteiger partial charge in [-0.25, -0.2) is 9.59 Å². The summed E-state index contributed by atoms with van der Waals surface area (Å²) < 4.78 is 10.8. The third-order valence-electron chi connectivity index (χ3n) is 3.87. The van der Waals surface area contributed by atoms with Crippen LogP contribution in [0.3, 0.4) is 0 Å². The molecule has 1 heterocycles. The van der Waals surface area contributed by atoms with E-state index in [1.54, 1.807) is 25.3 Å². The highest BCUT2D eigenvalue weighted by Crippen LogP contribution is 2.21. The number of carboxylic acid groups (broad SMARTS) is 1. The Hall–Kier alpha value is -2.55. The first kappa shape index (κ1) is 26.5. The second-order valence-electron chi connectivity index (χ2n) is 7.77. The molecule has 1 aliphatic rings. The van der Waals surface area contributed by atoms with Crippen LogP contribution in [-0.2, 0) is 14.3 Å². The average Bonchev–Trinajstić information content (AvgIpc) is 3.17. The molecular formula is C22H33N3O5S. The lowest BCUT2D eigenvalue weighted by Gasteiger charge is -2.24. The zero-order valence-corrected chi connectivity index (χ0v) is 19.8. The summed E-state index contributed by atoms with van der Waals surface area (Å²) in [6.07, 6.45) is 7.61. The van der Waals surface area contributed by atoms with Crippen LogP contribution in [0.15, 0.2) is 46.8 Å². The molecule has 9 heteroatoms. The van der Waals surface area contributed by atoms with Gasteiger partial charge in [-0.3, -0.25) is 9.98 Å². The van der Waals surface area contributed by atoms with Crippen molar-refractivity contribution < 1.29 is 24.2 Å². The van der Waals surface area contributed by atoms with E-state index in [4.69, 9.17) is 9.47 Å². The van der Waals surface area contributed by atoms with Crippen molar-refractivity contribution in [1.29, 1.82) is 0 Å². The molecule has 0 aromatic heterocycles. The molecule has 31 heavy (non-hydrogen) atoms. The first-order valence-electron chi connectivity index (χ1n) is 10.1. The minimum Gasteiger partial charge on any atom is -0.501 e. The third kappa shape index (κ3) is 10.3. The smallest absolute Gasteiger partial charge is 0.410 e. The lowest BCUT2D eigenvalue weighted by atomic mass is 10.2. The van der Waals surface area contributed by atoms with E-state index >= 15 is 0 Å². The van der Waals surface area contributed by atoms with Crippen LogP contribution in [-0.4, -0.2) is 70.4 Å². The molecule has 8 nitrogen and oxygen atoms in total. The molecular weight excluding hydrogens is 418 g/mol. The summed E-state index contributed by atoms with van der Waals surface area (Å²) in [7, 11) is 1.68. The summed E-state index contributed by atoms with van der Waals surface area (Å²) in [6, 6.07) is -0.767. The fraction of sp³-hybridized carbons (Fsp3) is 0.545. The number of carbonyl (C=O) groups is 2. The SMILES string of the molecule is C=C/C=C(CC)/N=C(\C=C/OCCCN(C)C(=O)OC(C)(C)C)C1=N[C@@H](C(=O)O)CS1. The molecule has 0 radical (unpaired) electrons. The molecule has 0 aromatic carbocycles. The van der Waals surface area contributed by atoms with E-state index < -0.39 is 17.6 Å². The summed E-state index contributed by atoms with van der Waals surface area (Å²) in [5.74, 6) is -0.573. The summed E-state index contributed by atoms with van der Waals surface area (Å²) in [6.45, 7) is 12.0. The number of ether oxygens (including phenoxy) is 2. The number of allylic oxidation sites excluding steroid dienone is 4. The van der Waals surface area contributed by atoms with Crippen molar-refractivity contribution in [2.24, 2.45) is 9.98 Å². The number of aliphatic carboxylic acids is 1. The van der Waals surface area contributed by atoms with E-state index in [0.29, 0.717) is 42.5 Å². The molecule has 0 fully saturated rings. The van der Waals surface area contributed by atoms with Gasteiger partial charge in [-0.2, -0.15) is 0 Å². The number of rotatable bonds is 11. The molecule has 0 bridgehead atoms. The first-order valence-corrected chi connectivity index (χ1v) is 11.1. The normalized spacial score (nSPS) is 17.5. The highest BCUT2D eigenvalue weighted by molar-refractivity contribution is 8.16. The minimum absolute atomic E-state index is 0.372. The van der Waals surface area contributed by atoms with Gasteiger partial charge in [0.25, 0.3) is 0 Å². The highest BCUT2D eigenvalue weighted by atomic mass is 32.2. The topological polar surface area (TPSA) is 101 Å². The van der Waals surface area contributed by atoms with Gasteiger partial charge in [-0.1, -0.05) is 19.6 Å². The average molecular weight is 452 g/mol. The summed E-state index contributed by atoms with van der Waals surface area (Å²) in [5.41, 5.74) is 0.823. The van der Waals surface area contributed by atoms with Gasteiger partial charge in [0.05, 0.1) is 18.6 Å². The summed E-state index contributed by atoms with van der Waals surface area (Å²) >= 11 is 1.36. The third-order valence-corrected chi connectivity index (χ3v) is 4.95. The number of hydrogen-bond donors (Lipinski definition) is 1. The van der Waals surface area contributed by atoms with Crippen LogP contribution in [0.5, 0.6) is 0 Å². The van der Waals surface area contributed by atoms with Crippen LogP contribution < -0.4 is 0 Å². The molecule has 0 saturated heterocycles. The van der Waals surface area contributed by atoms with E-state index in [2.05, 4.69) is 16.6 Å². The van der Waals surface area contributed by atoms with Crippen molar-refractivity contribution in [3.05, 3.63) is 36.8 Å². The summed E-state index contributed by atoms with van der Waals surface area (Å²) in [5, 5.41) is 9.75. The Morgan fingerprint density at radius 3 is 2.68 bits per heavy atom. The van der Waals surface area contributed by atoms with Crippen molar-refractivity contribution >= 4 is 34.6 Å². The predicted molar refractivity (Wildman–Crippen MR) is 126 cm³/mol.